The summed E-state index contributed by atoms with van der Waals surface area (Å²) in [7, 11) is 0. The third-order valence-corrected chi connectivity index (χ3v) is 2.93. The molecule has 1 heteroatoms. The first-order valence-corrected chi connectivity index (χ1v) is 5.61. The third-order valence-electron chi connectivity index (χ3n) is 2.93. The summed E-state index contributed by atoms with van der Waals surface area (Å²) < 4.78 is 5.93. The zero-order valence-corrected chi connectivity index (χ0v) is 10.3. The van der Waals surface area contributed by atoms with Gasteiger partial charge in [-0.3, -0.25) is 0 Å². The lowest BCUT2D eigenvalue weighted by atomic mass is 9.82. The average molecular weight is 204 g/mol. The molecule has 1 aliphatic rings. The fourth-order valence-electron chi connectivity index (χ4n) is 2.31. The summed E-state index contributed by atoms with van der Waals surface area (Å²) in [6.07, 6.45) is 1.02. The molecule has 1 nitrogen and oxygen atoms in total. The van der Waals surface area contributed by atoms with Crippen LogP contribution in [0.5, 0.6) is 5.75 Å². The lowest BCUT2D eigenvalue weighted by molar-refractivity contribution is 0.138. The first kappa shape index (κ1) is 10.5. The maximum absolute atomic E-state index is 5.93. The third kappa shape index (κ3) is 1.88. The van der Waals surface area contributed by atoms with Crippen LogP contribution in [0, 0.1) is 0 Å². The van der Waals surface area contributed by atoms with Gasteiger partial charge in [0.15, 0.2) is 0 Å². The number of ether oxygens (including phenoxy) is 1. The lowest BCUT2D eigenvalue weighted by Crippen LogP contribution is -2.25. The van der Waals surface area contributed by atoms with Crippen molar-refractivity contribution in [1.29, 1.82) is 0 Å². The van der Waals surface area contributed by atoms with Gasteiger partial charge in [0.2, 0.25) is 0 Å². The standard InChI is InChI=1S/C14H20O/c1-13(2,3)11-7-6-8-12-10(11)9-14(4,5)15-12/h6-8H,9H2,1-5H3. The van der Waals surface area contributed by atoms with E-state index >= 15 is 0 Å². The van der Waals surface area contributed by atoms with E-state index in [0.717, 1.165) is 12.2 Å². The Labute approximate surface area is 92.5 Å². The zero-order chi connectivity index (χ0) is 11.3. The predicted octanol–water partition coefficient (Wildman–Crippen LogP) is 3.70. The molecular formula is C14H20O. The van der Waals surface area contributed by atoms with Crippen molar-refractivity contribution in [2.24, 2.45) is 0 Å². The average Bonchev–Trinajstić information content (AvgIpc) is 2.35. The Kier molecular flexibility index (Phi) is 2.11. The summed E-state index contributed by atoms with van der Waals surface area (Å²) >= 11 is 0. The molecule has 1 heterocycles. The first-order valence-electron chi connectivity index (χ1n) is 5.61. The molecule has 0 unspecified atom stereocenters. The second kappa shape index (κ2) is 3.01. The van der Waals surface area contributed by atoms with Gasteiger partial charge in [-0.05, 0) is 30.9 Å². The summed E-state index contributed by atoms with van der Waals surface area (Å²) in [5, 5.41) is 0. The van der Waals surface area contributed by atoms with Gasteiger partial charge in [-0.25, -0.2) is 0 Å². The molecule has 15 heavy (non-hydrogen) atoms. The Morgan fingerprint density at radius 2 is 1.87 bits per heavy atom. The maximum atomic E-state index is 5.93. The summed E-state index contributed by atoms with van der Waals surface area (Å²) in [5.74, 6) is 1.08. The number of benzene rings is 1. The Hall–Kier alpha value is -0.980. The first-order chi connectivity index (χ1) is 6.80. The van der Waals surface area contributed by atoms with Crippen LogP contribution in [0.25, 0.3) is 0 Å². The number of hydrogen-bond donors (Lipinski definition) is 0. The van der Waals surface area contributed by atoms with Gasteiger partial charge in [-0.2, -0.15) is 0 Å². The van der Waals surface area contributed by atoms with E-state index in [9.17, 15) is 0 Å². The normalized spacial score (nSPS) is 18.5. The molecule has 0 saturated heterocycles. The minimum atomic E-state index is -0.0380. The van der Waals surface area contributed by atoms with Gasteiger partial charge in [0.1, 0.15) is 11.4 Å². The highest BCUT2D eigenvalue weighted by molar-refractivity contribution is 5.47. The van der Waals surface area contributed by atoms with E-state index in [1.165, 1.54) is 11.1 Å². The summed E-state index contributed by atoms with van der Waals surface area (Å²) in [6.45, 7) is 11.1. The van der Waals surface area contributed by atoms with Gasteiger partial charge in [0, 0.05) is 12.0 Å². The van der Waals surface area contributed by atoms with Crippen molar-refractivity contribution in [2.45, 2.75) is 52.1 Å². The Morgan fingerprint density at radius 3 is 2.47 bits per heavy atom. The molecule has 0 aromatic heterocycles. The van der Waals surface area contributed by atoms with Gasteiger partial charge in [-0.15, -0.1) is 0 Å². The van der Waals surface area contributed by atoms with Crippen molar-refractivity contribution in [3.8, 4) is 5.75 Å². The molecular weight excluding hydrogens is 184 g/mol. The van der Waals surface area contributed by atoms with E-state index in [4.69, 9.17) is 4.74 Å². The minimum Gasteiger partial charge on any atom is -0.487 e. The van der Waals surface area contributed by atoms with Crippen LogP contribution in [0.4, 0.5) is 0 Å². The summed E-state index contributed by atoms with van der Waals surface area (Å²) in [5.41, 5.74) is 2.99. The smallest absolute Gasteiger partial charge is 0.123 e. The van der Waals surface area contributed by atoms with Crippen LogP contribution in [0.15, 0.2) is 18.2 Å². The van der Waals surface area contributed by atoms with Gasteiger partial charge in [0.25, 0.3) is 0 Å². The highest BCUT2D eigenvalue weighted by atomic mass is 16.5. The van der Waals surface area contributed by atoms with Crippen LogP contribution >= 0.6 is 0 Å². The molecule has 2 rings (SSSR count). The van der Waals surface area contributed by atoms with Gasteiger partial charge < -0.3 is 4.74 Å². The van der Waals surface area contributed by atoms with Crippen molar-refractivity contribution in [2.75, 3.05) is 0 Å². The highest BCUT2D eigenvalue weighted by Gasteiger charge is 2.33. The SMILES string of the molecule is CC1(C)Cc2c(cccc2C(C)(C)C)O1. The number of hydrogen-bond acceptors (Lipinski definition) is 1. The van der Waals surface area contributed by atoms with E-state index in [0.29, 0.717) is 0 Å². The van der Waals surface area contributed by atoms with E-state index in [2.05, 4.69) is 52.8 Å². The van der Waals surface area contributed by atoms with Crippen LogP contribution in [-0.2, 0) is 11.8 Å². The monoisotopic (exact) mass is 204 g/mol. The van der Waals surface area contributed by atoms with Crippen molar-refractivity contribution in [3.05, 3.63) is 29.3 Å². The van der Waals surface area contributed by atoms with E-state index in [-0.39, 0.29) is 11.0 Å². The second-order valence-electron chi connectivity index (χ2n) is 6.07. The second-order valence-corrected chi connectivity index (χ2v) is 6.07. The number of rotatable bonds is 0. The molecule has 1 aromatic carbocycles. The van der Waals surface area contributed by atoms with Crippen LogP contribution in [0.2, 0.25) is 0 Å². The molecule has 0 amide bonds. The van der Waals surface area contributed by atoms with Crippen molar-refractivity contribution < 1.29 is 4.74 Å². The fraction of sp³-hybridized carbons (Fsp3) is 0.571. The lowest BCUT2D eigenvalue weighted by Gasteiger charge is -2.21. The molecule has 0 fully saturated rings. The molecule has 0 N–H and O–H groups in total. The van der Waals surface area contributed by atoms with Crippen LogP contribution in [-0.4, -0.2) is 5.60 Å². The van der Waals surface area contributed by atoms with Crippen LogP contribution in [0.3, 0.4) is 0 Å². The Morgan fingerprint density at radius 1 is 1.20 bits per heavy atom. The largest absolute Gasteiger partial charge is 0.487 e. The molecule has 0 atom stereocenters. The van der Waals surface area contributed by atoms with E-state index in [1.807, 2.05) is 0 Å². The predicted molar refractivity (Wildman–Crippen MR) is 63.6 cm³/mol. The van der Waals surface area contributed by atoms with E-state index < -0.39 is 0 Å². The topological polar surface area (TPSA) is 9.23 Å². The number of fused-ring (bicyclic) bond motifs is 1. The summed E-state index contributed by atoms with van der Waals surface area (Å²) in [4.78, 5) is 0. The molecule has 0 saturated carbocycles. The van der Waals surface area contributed by atoms with Gasteiger partial charge in [-0.1, -0.05) is 32.9 Å². The van der Waals surface area contributed by atoms with Gasteiger partial charge >= 0.3 is 0 Å². The Bertz CT molecular complexity index is 383. The van der Waals surface area contributed by atoms with Crippen LogP contribution in [0.1, 0.15) is 45.7 Å². The quantitative estimate of drug-likeness (QED) is 0.626. The molecule has 1 aromatic rings. The molecule has 0 spiro atoms. The maximum Gasteiger partial charge on any atom is 0.123 e. The fourth-order valence-corrected chi connectivity index (χ4v) is 2.31. The summed E-state index contributed by atoms with van der Waals surface area (Å²) in [6, 6.07) is 6.41. The molecule has 1 aliphatic heterocycles. The highest BCUT2D eigenvalue weighted by Crippen LogP contribution is 2.40. The van der Waals surface area contributed by atoms with Crippen LogP contribution < -0.4 is 4.74 Å². The Balaban J connectivity index is 2.51. The zero-order valence-electron chi connectivity index (χ0n) is 10.3. The van der Waals surface area contributed by atoms with Crippen molar-refractivity contribution >= 4 is 0 Å². The van der Waals surface area contributed by atoms with Crippen molar-refractivity contribution in [1.82, 2.24) is 0 Å². The molecule has 0 aliphatic carbocycles. The van der Waals surface area contributed by atoms with Gasteiger partial charge in [0.05, 0.1) is 0 Å². The molecule has 0 bridgehead atoms. The minimum absolute atomic E-state index is 0.0380. The van der Waals surface area contributed by atoms with Crippen molar-refractivity contribution in [3.63, 3.8) is 0 Å². The molecule has 0 radical (unpaired) electrons. The molecule has 82 valence electrons. The van der Waals surface area contributed by atoms with E-state index in [1.54, 1.807) is 0 Å².